The molecule has 10 N–H and O–H groups in total. The number of hydrogen-bond acceptors (Lipinski definition) is 29. The Labute approximate surface area is 519 Å². The van der Waals surface area contributed by atoms with Crippen LogP contribution in [0, 0.1) is 23.7 Å². The number of esters is 4. The van der Waals surface area contributed by atoms with E-state index in [2.05, 4.69) is 50.3 Å². The molecule has 7 heterocycles. The third-order valence-corrected chi connectivity index (χ3v) is 18.2. The lowest BCUT2D eigenvalue weighted by Gasteiger charge is -2.30. The van der Waals surface area contributed by atoms with E-state index in [0.29, 0.717) is 0 Å². The number of methoxy groups -OCH3 is 6. The summed E-state index contributed by atoms with van der Waals surface area (Å²) < 4.78 is 97.1. The van der Waals surface area contributed by atoms with Crippen LogP contribution < -0.4 is 41.3 Å². The summed E-state index contributed by atoms with van der Waals surface area (Å²) in [5, 5.41) is 33.4. The average Bonchev–Trinajstić information content (AvgIpc) is 1.69. The molecule has 3 saturated heterocycles. The van der Waals surface area contributed by atoms with Gasteiger partial charge in [0.05, 0.1) is 68.5 Å². The van der Waals surface area contributed by atoms with Crippen LogP contribution in [0.5, 0.6) is 11.8 Å². The summed E-state index contributed by atoms with van der Waals surface area (Å²) >= 11 is 0. The van der Waals surface area contributed by atoms with Gasteiger partial charge in [-0.1, -0.05) is 55.4 Å². The van der Waals surface area contributed by atoms with E-state index >= 15 is 0 Å². The van der Waals surface area contributed by atoms with Crippen LogP contribution in [-0.4, -0.2) is 195 Å². The molecule has 90 heavy (non-hydrogen) atoms. The number of fused-ring (bicyclic) bond motifs is 3. The fourth-order valence-electron chi connectivity index (χ4n) is 10.4. The van der Waals surface area contributed by atoms with Crippen molar-refractivity contribution in [3.63, 3.8) is 0 Å². The van der Waals surface area contributed by atoms with Crippen LogP contribution in [0.4, 0.5) is 16.7 Å². The molecule has 0 spiro atoms. The highest BCUT2D eigenvalue weighted by molar-refractivity contribution is 7.55. The van der Waals surface area contributed by atoms with Crippen LogP contribution >= 0.6 is 15.3 Å². The number of nitrogens with two attached hydrogens (primary N) is 2. The van der Waals surface area contributed by atoms with Crippen molar-refractivity contribution >= 4 is 79.6 Å². The molecule has 7 rings (SSSR count). The Morgan fingerprint density at radius 3 is 1.29 bits per heavy atom. The number of aliphatic hydroxyl groups is 2. The van der Waals surface area contributed by atoms with Gasteiger partial charge in [0.1, 0.15) is 48.1 Å². The van der Waals surface area contributed by atoms with Crippen LogP contribution in [0.15, 0.2) is 12.7 Å². The molecule has 12 atom stereocenters. The molecule has 0 saturated carbocycles. The molecule has 0 aromatic carbocycles. The molecule has 0 radical (unpaired) electrons. The average molecular weight is 1320 g/mol. The zero-order chi connectivity index (χ0) is 67.0. The first kappa shape index (κ1) is 72.6. The summed E-state index contributed by atoms with van der Waals surface area (Å²) in [5.41, 5.74) is 9.30. The Balaban J connectivity index is 0.000000287. The highest BCUT2D eigenvalue weighted by Gasteiger charge is 2.65. The second kappa shape index (κ2) is 30.3. The van der Waals surface area contributed by atoms with Crippen LogP contribution in [0.3, 0.4) is 0 Å². The molecular formula is C53H86N14O21P2. The highest BCUT2D eigenvalue weighted by atomic mass is 31.2. The molecular weight excluding hydrogens is 1230 g/mol. The van der Waals surface area contributed by atoms with Gasteiger partial charge in [-0.3, -0.25) is 37.4 Å². The standard InChI is InChI=1S/C27H42N7O11P.C26H44N7O10P/c1-13(2)9-15(22(35)40-7)32-46(38,33-16(10-14(3)4)23(36)41-8)42-11-17-19-27(5,45-26(37)44-19)24(43-17)34-12-29-18-20(34)30-25(28)31-21(18)39-6;1-13(2)9-15(22(35)40-7)31-44(38,32-16(10-14(3)4)23(36)41-8)42-11-17-19(34)26(5,37)24(43-17)33-12-28-18-20(33)29-25(27)30-21(18)39-6/h12-17,19,24H,9-11H2,1-8H3,(H2,28,30,31)(H2,32,33,38);12-17,19,24,34,37H,9-11H2,1-8H3,(H2,27,29,30)(H2,31,32,38)/t15?,16?,17-,19?,24-,27+,46?;15?,16?,17-,19?,24-,26+,44?/m11/s1. The first-order chi connectivity index (χ1) is 42.2. The number of nitrogen functional groups attached to an aromatic ring is 2. The quantitative estimate of drug-likeness (QED) is 0.0211. The maximum absolute atomic E-state index is 14.5. The minimum absolute atomic E-state index is 0.00623. The number of nitrogens with zero attached hydrogens (tertiary/aromatic N) is 8. The largest absolute Gasteiger partial charge is 0.509 e. The molecule has 3 fully saturated rings. The second-order valence-corrected chi connectivity index (χ2v) is 27.4. The minimum atomic E-state index is -4.28. The number of ether oxygens (including phenoxy) is 10. The van der Waals surface area contributed by atoms with E-state index in [0.717, 1.165) is 0 Å². The smallest absolute Gasteiger partial charge is 0.479 e. The summed E-state index contributed by atoms with van der Waals surface area (Å²) in [4.78, 5) is 88.1. The number of imidazole rings is 2. The predicted octanol–water partition coefficient (Wildman–Crippen LogP) is 2.99. The molecule has 504 valence electrons. The number of aromatic nitrogens is 8. The van der Waals surface area contributed by atoms with E-state index in [1.165, 1.54) is 71.4 Å². The monoisotopic (exact) mass is 1320 g/mol. The third-order valence-electron chi connectivity index (χ3n) is 14.6. The van der Waals surface area contributed by atoms with Gasteiger partial charge in [-0.2, -0.15) is 19.9 Å². The van der Waals surface area contributed by atoms with Gasteiger partial charge in [0, 0.05) is 0 Å². The number of carbonyl (C=O) groups excluding carboxylic acids is 5. The second-order valence-electron chi connectivity index (χ2n) is 23.7. The Kier molecular flexibility index (Phi) is 24.4. The number of carbonyl (C=O) groups is 5. The summed E-state index contributed by atoms with van der Waals surface area (Å²) in [5.74, 6) is -2.74. The highest BCUT2D eigenvalue weighted by Crippen LogP contribution is 2.50. The summed E-state index contributed by atoms with van der Waals surface area (Å²) in [6, 6.07) is -4.27. The van der Waals surface area contributed by atoms with E-state index in [9.17, 15) is 43.3 Å². The lowest BCUT2D eigenvalue weighted by molar-refractivity contribution is -0.144. The zero-order valence-corrected chi connectivity index (χ0v) is 55.0. The van der Waals surface area contributed by atoms with Gasteiger partial charge in [-0.15, -0.1) is 0 Å². The number of aliphatic hydroxyl groups excluding tert-OH is 1. The molecule has 37 heteroatoms. The summed E-state index contributed by atoms with van der Waals surface area (Å²) in [7, 11) is -0.946. The van der Waals surface area contributed by atoms with Gasteiger partial charge in [0.25, 0.3) is 0 Å². The van der Waals surface area contributed by atoms with Gasteiger partial charge in [0.2, 0.25) is 23.7 Å². The third kappa shape index (κ3) is 17.0. The van der Waals surface area contributed by atoms with Crippen molar-refractivity contribution in [1.82, 2.24) is 59.4 Å². The van der Waals surface area contributed by atoms with E-state index in [4.69, 9.17) is 67.9 Å². The van der Waals surface area contributed by atoms with Crippen LogP contribution in [-0.2, 0) is 75.3 Å². The maximum atomic E-state index is 14.5. The number of nitrogens with one attached hydrogen (secondary N) is 4. The molecule has 35 nitrogen and oxygen atoms in total. The van der Waals surface area contributed by atoms with Crippen molar-refractivity contribution < 1.29 is 99.7 Å². The Morgan fingerprint density at radius 1 is 0.600 bits per heavy atom. The molecule has 3 aliphatic heterocycles. The van der Waals surface area contributed by atoms with Crippen molar-refractivity contribution in [2.45, 2.75) is 167 Å². The fourth-order valence-corrected chi connectivity index (χ4v) is 14.1. The number of rotatable bonds is 30. The van der Waals surface area contributed by atoms with E-state index in [1.54, 1.807) is 6.92 Å². The Bertz CT molecular complexity index is 3190. The van der Waals surface area contributed by atoms with Crippen molar-refractivity contribution in [2.24, 2.45) is 23.7 Å². The minimum Gasteiger partial charge on any atom is -0.479 e. The molecule has 3 aliphatic rings. The van der Waals surface area contributed by atoms with Gasteiger partial charge >= 0.3 is 45.4 Å². The van der Waals surface area contributed by atoms with Crippen molar-refractivity contribution in [3.05, 3.63) is 12.7 Å². The maximum Gasteiger partial charge on any atom is 0.509 e. The normalized spacial score (nSPS) is 24.9. The SMILES string of the molecule is COC(=O)C(CC(C)C)NP(=O)(NC(CC(C)C)C(=O)OC)OC[C@H]1O[C@@H](n2cnc3c(OC)nc(N)nc32)[C@@](C)(O)C1O.COC(=O)C(CC(C)C)NP(=O)(NC(CC(C)C)C(=O)OC)OC[C@H]1O[C@@H](n2cnc3c(OC)nc(N)nc32)[C@@]2(C)OC(=O)OC12. The van der Waals surface area contributed by atoms with Crippen molar-refractivity contribution in [2.75, 3.05) is 67.3 Å². The van der Waals surface area contributed by atoms with Gasteiger partial charge in [-0.25, -0.2) is 35.1 Å². The van der Waals surface area contributed by atoms with Crippen molar-refractivity contribution in [1.29, 1.82) is 0 Å². The molecule has 0 bridgehead atoms. The lowest BCUT2D eigenvalue weighted by Crippen LogP contribution is -2.46. The van der Waals surface area contributed by atoms with Gasteiger partial charge in [0.15, 0.2) is 46.5 Å². The number of hydrogen-bond donors (Lipinski definition) is 8. The van der Waals surface area contributed by atoms with Crippen molar-refractivity contribution in [3.8, 4) is 11.8 Å². The molecule has 4 aromatic rings. The van der Waals surface area contributed by atoms with Crippen LogP contribution in [0.1, 0.15) is 107 Å². The van der Waals surface area contributed by atoms with Gasteiger partial charge in [-0.05, 0) is 63.2 Å². The Hall–Kier alpha value is -6.49. The van der Waals surface area contributed by atoms with E-state index < -0.39 is 131 Å². The fraction of sp³-hybridized carbons (Fsp3) is 0.717. The topological polar surface area (TPSA) is 458 Å². The van der Waals surface area contributed by atoms with Gasteiger partial charge < -0.3 is 78.1 Å². The molecule has 0 aliphatic carbocycles. The van der Waals surface area contributed by atoms with E-state index in [-0.39, 0.29) is 95.3 Å². The first-order valence-corrected chi connectivity index (χ1v) is 32.1. The zero-order valence-electron chi connectivity index (χ0n) is 53.3. The van der Waals surface area contributed by atoms with Crippen LogP contribution in [0.2, 0.25) is 0 Å². The predicted molar refractivity (Wildman–Crippen MR) is 317 cm³/mol. The molecule has 0 amide bonds. The van der Waals surface area contributed by atoms with Crippen LogP contribution in [0.25, 0.3) is 22.3 Å². The molecule has 6 unspecified atom stereocenters. The Morgan fingerprint density at radius 2 is 0.944 bits per heavy atom. The molecule has 4 aromatic heterocycles. The first-order valence-electron chi connectivity index (χ1n) is 28.8. The summed E-state index contributed by atoms with van der Waals surface area (Å²) in [6.45, 7) is 16.9. The lowest BCUT2D eigenvalue weighted by atomic mass is 9.96. The summed E-state index contributed by atoms with van der Waals surface area (Å²) in [6.07, 6.45) is -4.49. The number of anilines is 2. The van der Waals surface area contributed by atoms with E-state index in [1.807, 2.05) is 55.4 Å².